The minimum atomic E-state index is 0.478. The van der Waals surface area contributed by atoms with E-state index in [2.05, 4.69) is 5.32 Å². The van der Waals surface area contributed by atoms with Gasteiger partial charge in [0.2, 0.25) is 6.41 Å². The summed E-state index contributed by atoms with van der Waals surface area (Å²) in [6.07, 6.45) is 4.71. The minimum Gasteiger partial charge on any atom is -0.345 e. The van der Waals surface area contributed by atoms with Crippen molar-refractivity contribution in [3.8, 4) is 0 Å². The molecule has 2 fully saturated rings. The highest BCUT2D eigenvalue weighted by molar-refractivity contribution is 5.47. The van der Waals surface area contributed by atoms with Gasteiger partial charge in [-0.05, 0) is 37.8 Å². The van der Waals surface area contributed by atoms with Gasteiger partial charge in [0.1, 0.15) is 0 Å². The van der Waals surface area contributed by atoms with Crippen molar-refractivity contribution in [2.45, 2.75) is 19.3 Å². The SMILES string of the molecule is O=CN1CCC2(CCNCC2)C1. The summed E-state index contributed by atoms with van der Waals surface area (Å²) in [5.41, 5.74) is 0.478. The summed E-state index contributed by atoms with van der Waals surface area (Å²) in [5.74, 6) is 0. The molecule has 1 spiro atoms. The molecule has 0 aromatic heterocycles. The summed E-state index contributed by atoms with van der Waals surface area (Å²) in [5, 5.41) is 3.36. The Morgan fingerprint density at radius 3 is 2.58 bits per heavy atom. The van der Waals surface area contributed by atoms with Gasteiger partial charge in [-0.15, -0.1) is 0 Å². The number of likely N-dealkylation sites (tertiary alicyclic amines) is 1. The zero-order valence-corrected chi connectivity index (χ0v) is 7.38. The van der Waals surface area contributed by atoms with Crippen LogP contribution in [0.5, 0.6) is 0 Å². The molecule has 0 aromatic rings. The predicted molar refractivity (Wildman–Crippen MR) is 46.8 cm³/mol. The van der Waals surface area contributed by atoms with Gasteiger partial charge in [0, 0.05) is 13.1 Å². The zero-order valence-electron chi connectivity index (χ0n) is 7.38. The molecule has 3 heteroatoms. The Bertz CT molecular complexity index is 175. The standard InChI is InChI=1S/C9H16N2O/c12-8-11-6-3-9(7-11)1-4-10-5-2-9/h8,10H,1-7H2. The third-order valence-electron chi connectivity index (χ3n) is 3.28. The second-order valence-electron chi connectivity index (χ2n) is 4.08. The van der Waals surface area contributed by atoms with Crippen LogP contribution in [0, 0.1) is 5.41 Å². The van der Waals surface area contributed by atoms with Crippen molar-refractivity contribution in [3.05, 3.63) is 0 Å². The van der Waals surface area contributed by atoms with Crippen LogP contribution in [0.15, 0.2) is 0 Å². The first-order chi connectivity index (χ1) is 5.85. The highest BCUT2D eigenvalue weighted by atomic mass is 16.1. The fourth-order valence-electron chi connectivity index (χ4n) is 2.42. The fraction of sp³-hybridized carbons (Fsp3) is 0.889. The Morgan fingerprint density at radius 2 is 2.00 bits per heavy atom. The van der Waals surface area contributed by atoms with E-state index in [4.69, 9.17) is 0 Å². The number of rotatable bonds is 1. The maximum Gasteiger partial charge on any atom is 0.209 e. The summed E-state index contributed by atoms with van der Waals surface area (Å²) in [7, 11) is 0. The maximum atomic E-state index is 10.5. The largest absolute Gasteiger partial charge is 0.345 e. The van der Waals surface area contributed by atoms with E-state index < -0.39 is 0 Å². The first-order valence-corrected chi connectivity index (χ1v) is 4.75. The van der Waals surface area contributed by atoms with Crippen LogP contribution < -0.4 is 5.32 Å². The molecule has 12 heavy (non-hydrogen) atoms. The molecular formula is C9H16N2O. The van der Waals surface area contributed by atoms with Crippen molar-refractivity contribution >= 4 is 6.41 Å². The Balaban J connectivity index is 1.98. The normalized spacial score (nSPS) is 27.8. The molecule has 3 nitrogen and oxygen atoms in total. The third-order valence-corrected chi connectivity index (χ3v) is 3.28. The molecule has 2 rings (SSSR count). The van der Waals surface area contributed by atoms with Crippen molar-refractivity contribution in [1.82, 2.24) is 10.2 Å². The summed E-state index contributed by atoms with van der Waals surface area (Å²) in [6, 6.07) is 0. The van der Waals surface area contributed by atoms with E-state index in [9.17, 15) is 4.79 Å². The summed E-state index contributed by atoms with van der Waals surface area (Å²) >= 11 is 0. The number of hydrogen-bond donors (Lipinski definition) is 1. The molecule has 2 aliphatic rings. The molecule has 0 aromatic carbocycles. The summed E-state index contributed by atoms with van der Waals surface area (Å²) in [6.45, 7) is 4.24. The highest BCUT2D eigenvalue weighted by Gasteiger charge is 2.38. The third kappa shape index (κ3) is 1.33. The second kappa shape index (κ2) is 3.05. The van der Waals surface area contributed by atoms with E-state index >= 15 is 0 Å². The van der Waals surface area contributed by atoms with Gasteiger partial charge in [0.05, 0.1) is 0 Å². The molecule has 68 valence electrons. The molecule has 0 bridgehead atoms. The van der Waals surface area contributed by atoms with Gasteiger partial charge >= 0.3 is 0 Å². The van der Waals surface area contributed by atoms with E-state index in [1.54, 1.807) is 0 Å². The Hall–Kier alpha value is -0.570. The molecule has 1 amide bonds. The lowest BCUT2D eigenvalue weighted by molar-refractivity contribution is -0.117. The van der Waals surface area contributed by atoms with E-state index in [0.29, 0.717) is 5.41 Å². The molecule has 2 saturated heterocycles. The second-order valence-corrected chi connectivity index (χ2v) is 4.08. The van der Waals surface area contributed by atoms with Crippen LogP contribution in [-0.4, -0.2) is 37.5 Å². The van der Waals surface area contributed by atoms with Crippen LogP contribution in [-0.2, 0) is 4.79 Å². The first-order valence-electron chi connectivity index (χ1n) is 4.75. The van der Waals surface area contributed by atoms with Gasteiger partial charge in [0.15, 0.2) is 0 Å². The number of hydrogen-bond acceptors (Lipinski definition) is 2. The van der Waals surface area contributed by atoms with Gasteiger partial charge in [-0.1, -0.05) is 0 Å². The molecule has 2 heterocycles. The van der Waals surface area contributed by atoms with Gasteiger partial charge in [-0.3, -0.25) is 4.79 Å². The van der Waals surface area contributed by atoms with Crippen LogP contribution in [0.25, 0.3) is 0 Å². The summed E-state index contributed by atoms with van der Waals surface area (Å²) in [4.78, 5) is 12.5. The van der Waals surface area contributed by atoms with Crippen molar-refractivity contribution in [1.29, 1.82) is 0 Å². The van der Waals surface area contributed by atoms with Gasteiger partial charge in [-0.25, -0.2) is 0 Å². The van der Waals surface area contributed by atoms with Gasteiger partial charge < -0.3 is 10.2 Å². The van der Waals surface area contributed by atoms with Crippen molar-refractivity contribution < 1.29 is 4.79 Å². The highest BCUT2D eigenvalue weighted by Crippen LogP contribution is 2.37. The molecule has 0 atom stereocenters. The lowest BCUT2D eigenvalue weighted by atomic mass is 9.78. The van der Waals surface area contributed by atoms with E-state index in [0.717, 1.165) is 32.6 Å². The Labute approximate surface area is 73.1 Å². The Kier molecular flexibility index (Phi) is 2.05. The topological polar surface area (TPSA) is 32.3 Å². The van der Waals surface area contributed by atoms with Crippen molar-refractivity contribution in [2.24, 2.45) is 5.41 Å². The number of carbonyl (C=O) groups is 1. The van der Waals surface area contributed by atoms with E-state index in [1.807, 2.05) is 4.90 Å². The van der Waals surface area contributed by atoms with E-state index in [1.165, 1.54) is 19.3 Å². The first kappa shape index (κ1) is 8.05. The van der Waals surface area contributed by atoms with E-state index in [-0.39, 0.29) is 0 Å². The van der Waals surface area contributed by atoms with Crippen LogP contribution in [0.1, 0.15) is 19.3 Å². The molecular weight excluding hydrogens is 152 g/mol. The lowest BCUT2D eigenvalue weighted by Crippen LogP contribution is -2.38. The van der Waals surface area contributed by atoms with Gasteiger partial charge in [0.25, 0.3) is 0 Å². The van der Waals surface area contributed by atoms with Crippen LogP contribution in [0.3, 0.4) is 0 Å². The summed E-state index contributed by atoms with van der Waals surface area (Å²) < 4.78 is 0. The van der Waals surface area contributed by atoms with Gasteiger partial charge in [-0.2, -0.15) is 0 Å². The van der Waals surface area contributed by atoms with Crippen molar-refractivity contribution in [3.63, 3.8) is 0 Å². The number of amides is 1. The molecule has 0 radical (unpaired) electrons. The fourth-order valence-corrected chi connectivity index (χ4v) is 2.42. The average molecular weight is 168 g/mol. The number of nitrogens with one attached hydrogen (secondary N) is 1. The number of carbonyl (C=O) groups excluding carboxylic acids is 1. The maximum absolute atomic E-state index is 10.5. The van der Waals surface area contributed by atoms with Crippen LogP contribution in [0.2, 0.25) is 0 Å². The average Bonchev–Trinajstić information content (AvgIpc) is 2.50. The predicted octanol–water partition coefficient (Wildman–Crippen LogP) is 0.218. The molecule has 0 saturated carbocycles. The molecule has 1 N–H and O–H groups in total. The quantitative estimate of drug-likeness (QED) is 0.568. The number of nitrogens with zero attached hydrogens (tertiary/aromatic N) is 1. The zero-order chi connectivity index (χ0) is 8.44. The number of piperidine rings is 1. The lowest BCUT2D eigenvalue weighted by Gasteiger charge is -2.33. The Morgan fingerprint density at radius 1 is 1.25 bits per heavy atom. The molecule has 0 aliphatic carbocycles. The molecule has 2 aliphatic heterocycles. The monoisotopic (exact) mass is 168 g/mol. The minimum absolute atomic E-state index is 0.478. The molecule has 0 unspecified atom stereocenters. The van der Waals surface area contributed by atoms with Crippen LogP contribution >= 0.6 is 0 Å². The van der Waals surface area contributed by atoms with Crippen molar-refractivity contribution in [2.75, 3.05) is 26.2 Å². The van der Waals surface area contributed by atoms with Crippen LogP contribution in [0.4, 0.5) is 0 Å². The smallest absolute Gasteiger partial charge is 0.209 e.